The summed E-state index contributed by atoms with van der Waals surface area (Å²) < 4.78 is 13.2. The Morgan fingerprint density at radius 3 is 2.55 bits per heavy atom. The summed E-state index contributed by atoms with van der Waals surface area (Å²) in [7, 11) is 14.5. The summed E-state index contributed by atoms with van der Waals surface area (Å²) in [6.07, 6.45) is 3.26. The van der Waals surface area contributed by atoms with Crippen molar-refractivity contribution >= 4 is 48.3 Å². The minimum atomic E-state index is -1.97. The summed E-state index contributed by atoms with van der Waals surface area (Å²) in [4.78, 5) is 12.1. The van der Waals surface area contributed by atoms with Crippen LogP contribution in [0.2, 0.25) is 31.2 Å². The van der Waals surface area contributed by atoms with Crippen molar-refractivity contribution in [3.05, 3.63) is 29.3 Å². The third-order valence-electron chi connectivity index (χ3n) is 4.53. The molecule has 0 aliphatic heterocycles. The molecule has 1 aromatic rings. The summed E-state index contributed by atoms with van der Waals surface area (Å²) in [5, 5.41) is 0. The van der Waals surface area contributed by atoms with Crippen molar-refractivity contribution in [2.24, 2.45) is 0 Å². The van der Waals surface area contributed by atoms with E-state index in [0.29, 0.717) is 19.4 Å². The van der Waals surface area contributed by atoms with E-state index in [4.69, 9.17) is 28.9 Å². The molecule has 0 heterocycles. The van der Waals surface area contributed by atoms with E-state index in [2.05, 4.69) is 23.3 Å². The van der Waals surface area contributed by atoms with Gasteiger partial charge >= 0.3 is 153 Å². The number of ether oxygens (including phenoxy) is 2. The van der Waals surface area contributed by atoms with Crippen LogP contribution in [0.3, 0.4) is 0 Å². The Labute approximate surface area is 193 Å². The zero-order valence-corrected chi connectivity index (χ0v) is 23.1. The molecule has 0 fully saturated rings. The molecule has 0 unspecified atom stereocenters. The zero-order chi connectivity index (χ0) is 21.9. The molecule has 0 atom stereocenters. The third-order valence-corrected chi connectivity index (χ3v) is 10.1. The van der Waals surface area contributed by atoms with Gasteiger partial charge in [-0.2, -0.15) is 0 Å². The summed E-state index contributed by atoms with van der Waals surface area (Å²) in [5.74, 6) is 0.637. The minimum absolute atomic E-state index is 0.0710. The van der Waals surface area contributed by atoms with Crippen molar-refractivity contribution in [1.29, 1.82) is 0 Å². The summed E-state index contributed by atoms with van der Waals surface area (Å²) in [6.45, 7) is 9.31. The molecule has 3 nitrogen and oxygen atoms in total. The van der Waals surface area contributed by atoms with Crippen molar-refractivity contribution < 1.29 is 27.8 Å². The molecule has 3 radical (unpaired) electrons. The van der Waals surface area contributed by atoms with Crippen LogP contribution in [0.5, 0.6) is 5.75 Å². The summed E-state index contributed by atoms with van der Waals surface area (Å²) in [6, 6.07) is 9.50. The molecule has 0 aliphatic carbocycles. The number of benzene rings is 1. The third kappa shape index (κ3) is 12.4. The topological polar surface area (TPSA) is 35.5 Å². The second kappa shape index (κ2) is 14.1. The zero-order valence-electron chi connectivity index (χ0n) is 17.9. The molecular weight excluding hydrogens is 528 g/mol. The van der Waals surface area contributed by atoms with Gasteiger partial charge in [0, 0.05) is 10.2 Å². The number of hydrogen-bond acceptors (Lipinski definition) is 3. The summed E-state index contributed by atoms with van der Waals surface area (Å²) >= 11 is -1.97. The van der Waals surface area contributed by atoms with Gasteiger partial charge in [-0.05, 0) is 0 Å². The number of carbonyl (C=O) groups is 1. The first-order valence-electron chi connectivity index (χ1n) is 10.1. The Morgan fingerprint density at radius 1 is 1.24 bits per heavy atom. The van der Waals surface area contributed by atoms with Crippen LogP contribution in [0.15, 0.2) is 18.2 Å². The Balaban J connectivity index is 2.49. The molecule has 0 bridgehead atoms. The SMILES string of the molecule is CC(C)Oc1ccc(CCC(=O)OCCC[Si](C)(C)CCC[Si])cc1[CH]=[Ru]([Cl])[Cl]. The molecule has 0 N–H and O–H groups in total. The van der Waals surface area contributed by atoms with Gasteiger partial charge in [0.2, 0.25) is 0 Å². The molecule has 1 aromatic carbocycles. The monoisotopic (exact) mass is 561 g/mol. The fourth-order valence-electron chi connectivity index (χ4n) is 3.02. The van der Waals surface area contributed by atoms with E-state index in [0.717, 1.165) is 29.3 Å². The average molecular weight is 562 g/mol. The fourth-order valence-corrected chi connectivity index (χ4v) is 7.82. The normalized spacial score (nSPS) is 12.1. The van der Waals surface area contributed by atoms with Gasteiger partial charge in [-0.25, -0.2) is 0 Å². The first-order valence-corrected chi connectivity index (χ1v) is 19.7. The predicted molar refractivity (Wildman–Crippen MR) is 125 cm³/mol. The Bertz CT molecular complexity index is 678. The summed E-state index contributed by atoms with van der Waals surface area (Å²) in [5.41, 5.74) is 1.96. The molecule has 0 aromatic heterocycles. The van der Waals surface area contributed by atoms with Gasteiger partial charge in [-0.1, -0.05) is 31.6 Å². The number of aryl methyl sites for hydroxylation is 1. The maximum atomic E-state index is 12.1. The van der Waals surface area contributed by atoms with Gasteiger partial charge in [-0.15, -0.1) is 0 Å². The molecule has 0 amide bonds. The van der Waals surface area contributed by atoms with Crippen LogP contribution in [-0.4, -0.2) is 41.6 Å². The van der Waals surface area contributed by atoms with Gasteiger partial charge in [0.25, 0.3) is 0 Å². The van der Waals surface area contributed by atoms with E-state index in [1.165, 1.54) is 18.5 Å². The molecule has 0 aliphatic rings. The van der Waals surface area contributed by atoms with E-state index in [1.807, 2.05) is 36.7 Å². The van der Waals surface area contributed by atoms with Crippen LogP contribution in [0.1, 0.15) is 44.2 Å². The van der Waals surface area contributed by atoms with Crippen molar-refractivity contribution in [2.75, 3.05) is 6.61 Å². The van der Waals surface area contributed by atoms with E-state index >= 15 is 0 Å². The number of esters is 1. The molecule has 29 heavy (non-hydrogen) atoms. The Hall–Kier alpha value is -0.00286. The van der Waals surface area contributed by atoms with Gasteiger partial charge in [0.05, 0.1) is 0 Å². The van der Waals surface area contributed by atoms with E-state index < -0.39 is 21.6 Å². The van der Waals surface area contributed by atoms with Crippen molar-refractivity contribution in [1.82, 2.24) is 0 Å². The van der Waals surface area contributed by atoms with E-state index in [-0.39, 0.29) is 12.1 Å². The molecular formula is C21H33Cl2O3RuSi2. The maximum absolute atomic E-state index is 12.1. The standard InChI is InChI=1S/C21H33O3Si2.2ClH.Ru/c1-17(2)24-20-10-8-19(16-18(20)3)9-11-21(22)23-12-6-14-26(4,5)15-7-13-25;;;/h3,8,10,16-17H,6-7,9,11-15H2,1-2,4-5H3;2*1H;/q;;;+2/p-2. The van der Waals surface area contributed by atoms with Gasteiger partial charge in [0.1, 0.15) is 0 Å². The molecule has 0 saturated heterocycles. The van der Waals surface area contributed by atoms with Crippen LogP contribution in [0.4, 0.5) is 0 Å². The number of halogens is 2. The van der Waals surface area contributed by atoms with Gasteiger partial charge in [-0.3, -0.25) is 0 Å². The molecule has 1 rings (SSSR count). The molecule has 8 heteroatoms. The first kappa shape index (κ1) is 27.0. The number of rotatable bonds is 13. The molecule has 0 spiro atoms. The molecule has 165 valence electrons. The van der Waals surface area contributed by atoms with E-state index in [1.54, 1.807) is 0 Å². The Kier molecular flexibility index (Phi) is 13.2. The van der Waals surface area contributed by atoms with E-state index in [9.17, 15) is 4.79 Å². The first-order chi connectivity index (χ1) is 13.6. The second-order valence-corrected chi connectivity index (χ2v) is 19.7. The van der Waals surface area contributed by atoms with Gasteiger partial charge < -0.3 is 0 Å². The van der Waals surface area contributed by atoms with Crippen LogP contribution in [0, 0.1) is 0 Å². The van der Waals surface area contributed by atoms with Crippen LogP contribution in [-0.2, 0) is 29.5 Å². The Morgan fingerprint density at radius 2 is 1.93 bits per heavy atom. The quantitative estimate of drug-likeness (QED) is 0.166. The van der Waals surface area contributed by atoms with Crippen LogP contribution < -0.4 is 4.74 Å². The van der Waals surface area contributed by atoms with Crippen molar-refractivity contribution in [2.45, 2.75) is 76.9 Å². The van der Waals surface area contributed by atoms with Crippen LogP contribution in [0.25, 0.3) is 0 Å². The second-order valence-electron chi connectivity index (χ2n) is 8.19. The fraction of sp³-hybridized carbons (Fsp3) is 0.619. The van der Waals surface area contributed by atoms with Crippen molar-refractivity contribution in [3.63, 3.8) is 0 Å². The number of hydrogen-bond donors (Lipinski definition) is 0. The van der Waals surface area contributed by atoms with Crippen molar-refractivity contribution in [3.8, 4) is 5.75 Å². The van der Waals surface area contributed by atoms with Crippen LogP contribution >= 0.6 is 19.4 Å². The average Bonchev–Trinajstić information content (AvgIpc) is 2.63. The number of carbonyl (C=O) groups excluding carboxylic acids is 1. The predicted octanol–water partition coefficient (Wildman–Crippen LogP) is 6.10. The van der Waals surface area contributed by atoms with Gasteiger partial charge in [0.15, 0.2) is 0 Å². The molecule has 0 saturated carbocycles.